The van der Waals surface area contributed by atoms with Gasteiger partial charge in [0.25, 0.3) is 0 Å². The first-order valence-corrected chi connectivity index (χ1v) is 14.6. The molecule has 0 N–H and O–H groups in total. The van der Waals surface area contributed by atoms with Gasteiger partial charge < -0.3 is 4.74 Å². The smallest absolute Gasteiger partial charge is 0.122 e. The molecule has 3 aromatic carbocycles. The predicted molar refractivity (Wildman–Crippen MR) is 135 cm³/mol. The summed E-state index contributed by atoms with van der Waals surface area (Å²) in [5.74, 6) is 1.04. The van der Waals surface area contributed by atoms with E-state index in [0.29, 0.717) is 0 Å². The van der Waals surface area contributed by atoms with E-state index in [1.54, 1.807) is 0 Å². The van der Waals surface area contributed by atoms with Crippen LogP contribution in [0.5, 0.6) is 5.75 Å². The van der Waals surface area contributed by atoms with Crippen LogP contribution in [0.25, 0.3) is 0 Å². The van der Waals surface area contributed by atoms with Gasteiger partial charge in [-0.25, -0.2) is 0 Å². The number of ether oxygens (including phenoxy) is 1. The first-order chi connectivity index (χ1) is 14.9. The van der Waals surface area contributed by atoms with Gasteiger partial charge >= 0.3 is 0 Å². The average Bonchev–Trinajstić information content (AvgIpc) is 3.30. The summed E-state index contributed by atoms with van der Waals surface area (Å²) in [6.07, 6.45) is 7.90. The van der Waals surface area contributed by atoms with E-state index >= 15 is 0 Å². The maximum Gasteiger partial charge on any atom is 0.122 e. The van der Waals surface area contributed by atoms with Crippen LogP contribution in [0, 0.1) is 6.92 Å². The van der Waals surface area contributed by atoms with Crippen LogP contribution in [-0.4, -0.2) is 15.2 Å². The van der Waals surface area contributed by atoms with Crippen molar-refractivity contribution in [1.29, 1.82) is 0 Å². The van der Waals surface area contributed by atoms with Crippen LogP contribution in [-0.2, 0) is 5.41 Å². The van der Waals surface area contributed by atoms with Crippen LogP contribution >= 0.6 is 0 Å². The lowest BCUT2D eigenvalue weighted by molar-refractivity contribution is 0.408. The largest absolute Gasteiger partial charge is 0.497 e. The zero-order valence-corrected chi connectivity index (χ0v) is 20.3. The molecule has 0 radical (unpaired) electrons. The van der Waals surface area contributed by atoms with Gasteiger partial charge in [-0.3, -0.25) is 0 Å². The number of hydrogen-bond donors (Lipinski definition) is 0. The van der Waals surface area contributed by atoms with Crippen molar-refractivity contribution < 1.29 is 4.74 Å². The molecular formula is C29H32OSi. The van der Waals surface area contributed by atoms with Crippen molar-refractivity contribution in [3.8, 4) is 5.75 Å². The number of rotatable bonds is 6. The van der Waals surface area contributed by atoms with Crippen molar-refractivity contribution in [2.75, 3.05) is 7.11 Å². The molecule has 0 amide bonds. The van der Waals surface area contributed by atoms with Crippen molar-refractivity contribution in [2.24, 2.45) is 0 Å². The van der Waals surface area contributed by atoms with Crippen LogP contribution < -0.4 is 9.92 Å². The SMILES string of the molecule is COc1c(C(C2=CCC=C2)(c2ccccc2)c2ccccc2)cc(C)cc1[Si](C)(C)C. The minimum Gasteiger partial charge on any atom is -0.497 e. The van der Waals surface area contributed by atoms with Gasteiger partial charge in [-0.2, -0.15) is 0 Å². The third-order valence-electron chi connectivity index (χ3n) is 6.27. The second kappa shape index (κ2) is 8.36. The van der Waals surface area contributed by atoms with E-state index in [2.05, 4.69) is 118 Å². The molecule has 0 atom stereocenters. The highest BCUT2D eigenvalue weighted by atomic mass is 28.3. The molecule has 0 spiro atoms. The summed E-state index contributed by atoms with van der Waals surface area (Å²) < 4.78 is 6.25. The fourth-order valence-electron chi connectivity index (χ4n) is 4.91. The predicted octanol–water partition coefficient (Wildman–Crippen LogP) is 6.77. The monoisotopic (exact) mass is 424 g/mol. The first kappa shape index (κ1) is 21.4. The molecule has 31 heavy (non-hydrogen) atoms. The molecule has 0 aliphatic heterocycles. The summed E-state index contributed by atoms with van der Waals surface area (Å²) in [6.45, 7) is 9.41. The van der Waals surface area contributed by atoms with E-state index < -0.39 is 13.5 Å². The van der Waals surface area contributed by atoms with Crippen LogP contribution in [0.1, 0.15) is 28.7 Å². The minimum atomic E-state index is -1.64. The number of benzene rings is 3. The Balaban J connectivity index is 2.20. The van der Waals surface area contributed by atoms with Crippen molar-refractivity contribution in [3.05, 3.63) is 119 Å². The fraction of sp³-hybridized carbons (Fsp3) is 0.241. The number of hydrogen-bond acceptors (Lipinski definition) is 1. The average molecular weight is 425 g/mol. The van der Waals surface area contributed by atoms with E-state index in [1.165, 1.54) is 33.0 Å². The van der Waals surface area contributed by atoms with Crippen LogP contribution in [0.15, 0.2) is 96.6 Å². The Morgan fingerprint density at radius 3 is 1.87 bits per heavy atom. The van der Waals surface area contributed by atoms with E-state index in [1.807, 2.05) is 7.11 Å². The molecule has 3 aromatic rings. The highest BCUT2D eigenvalue weighted by molar-refractivity contribution is 6.89. The van der Waals surface area contributed by atoms with Gasteiger partial charge in [0.1, 0.15) is 5.75 Å². The lowest BCUT2D eigenvalue weighted by atomic mass is 9.64. The Kier molecular flexibility index (Phi) is 5.77. The quantitative estimate of drug-likeness (QED) is 0.313. The van der Waals surface area contributed by atoms with Crippen molar-refractivity contribution in [3.63, 3.8) is 0 Å². The summed E-state index contributed by atoms with van der Waals surface area (Å²) in [7, 11) is 0.186. The van der Waals surface area contributed by atoms with Gasteiger partial charge in [-0.15, -0.1) is 0 Å². The van der Waals surface area contributed by atoms with E-state index in [-0.39, 0.29) is 0 Å². The molecule has 0 heterocycles. The fourth-order valence-corrected chi connectivity index (χ4v) is 6.49. The standard InChI is InChI=1S/C29H32OSi/c1-22-20-26(28(30-2)27(21-22)31(3,4)5)29(25-18-12-13-19-25,23-14-8-6-9-15-23)24-16-10-7-11-17-24/h6-12,14-21H,13H2,1-5H3. The molecule has 0 bridgehead atoms. The molecule has 0 aromatic heterocycles. The zero-order valence-electron chi connectivity index (χ0n) is 19.3. The second-order valence-electron chi connectivity index (χ2n) is 9.42. The molecule has 1 aliphatic carbocycles. The van der Waals surface area contributed by atoms with Crippen molar-refractivity contribution in [2.45, 2.75) is 38.4 Å². The molecule has 4 rings (SSSR count). The molecule has 2 heteroatoms. The first-order valence-electron chi connectivity index (χ1n) is 11.1. The van der Waals surface area contributed by atoms with Crippen LogP contribution in [0.3, 0.4) is 0 Å². The van der Waals surface area contributed by atoms with E-state index in [0.717, 1.165) is 12.2 Å². The van der Waals surface area contributed by atoms with Gasteiger partial charge in [0.2, 0.25) is 0 Å². The van der Waals surface area contributed by atoms with Gasteiger partial charge in [0, 0.05) is 5.56 Å². The number of allylic oxidation sites excluding steroid dienone is 4. The third kappa shape index (κ3) is 3.70. The molecule has 0 saturated heterocycles. The lowest BCUT2D eigenvalue weighted by Crippen LogP contribution is -2.41. The van der Waals surface area contributed by atoms with E-state index in [9.17, 15) is 0 Å². The molecular weight excluding hydrogens is 392 g/mol. The van der Waals surface area contributed by atoms with Crippen LogP contribution in [0.2, 0.25) is 19.6 Å². The van der Waals surface area contributed by atoms with Gasteiger partial charge in [0.05, 0.1) is 20.6 Å². The summed E-state index contributed by atoms with van der Waals surface area (Å²) >= 11 is 0. The molecule has 1 aliphatic rings. The zero-order chi connectivity index (χ0) is 22.1. The minimum absolute atomic E-state index is 0.429. The maximum absolute atomic E-state index is 6.25. The summed E-state index contributed by atoms with van der Waals surface area (Å²) in [4.78, 5) is 0. The Hall–Kier alpha value is -2.84. The van der Waals surface area contributed by atoms with E-state index in [4.69, 9.17) is 4.74 Å². The normalized spacial score (nSPS) is 13.9. The maximum atomic E-state index is 6.25. The summed E-state index contributed by atoms with van der Waals surface area (Å²) in [6, 6.07) is 26.5. The molecule has 0 fully saturated rings. The Labute approximate surface area is 188 Å². The molecule has 1 nitrogen and oxygen atoms in total. The number of methoxy groups -OCH3 is 1. The highest BCUT2D eigenvalue weighted by Gasteiger charge is 2.43. The topological polar surface area (TPSA) is 9.23 Å². The third-order valence-corrected chi connectivity index (χ3v) is 8.25. The molecule has 158 valence electrons. The van der Waals surface area contributed by atoms with Crippen molar-refractivity contribution in [1.82, 2.24) is 0 Å². The van der Waals surface area contributed by atoms with Gasteiger partial charge in [0.15, 0.2) is 0 Å². The highest BCUT2D eigenvalue weighted by Crippen LogP contribution is 2.50. The summed E-state index contributed by atoms with van der Waals surface area (Å²) in [5, 5.41) is 1.38. The lowest BCUT2D eigenvalue weighted by Gasteiger charge is -2.39. The van der Waals surface area contributed by atoms with Gasteiger partial charge in [-0.1, -0.05) is 116 Å². The van der Waals surface area contributed by atoms with Crippen LogP contribution in [0.4, 0.5) is 0 Å². The van der Waals surface area contributed by atoms with Crippen molar-refractivity contribution >= 4 is 13.3 Å². The number of aryl methyl sites for hydroxylation is 1. The summed E-state index contributed by atoms with van der Waals surface area (Å²) in [5.41, 5.74) is 5.94. The molecule has 0 saturated carbocycles. The molecule has 0 unspecified atom stereocenters. The Morgan fingerprint density at radius 2 is 1.42 bits per heavy atom. The Morgan fingerprint density at radius 1 is 0.839 bits per heavy atom. The second-order valence-corrected chi connectivity index (χ2v) is 14.5. The Bertz CT molecular complexity index is 1080. The van der Waals surface area contributed by atoms with Gasteiger partial charge in [-0.05, 0) is 35.2 Å².